The maximum absolute atomic E-state index is 13.4. The van der Waals surface area contributed by atoms with Crippen LogP contribution >= 0.6 is 35.3 Å². The highest BCUT2D eigenvalue weighted by molar-refractivity contribution is 7.22. The van der Waals surface area contributed by atoms with Gasteiger partial charge >= 0.3 is 0 Å². The minimum atomic E-state index is 0. The molecule has 178 valence electrons. The normalized spacial score (nSPS) is 14.1. The average molecular weight is 510 g/mol. The number of thiazole rings is 1. The third kappa shape index (κ3) is 6.80. The molecule has 1 amide bonds. The number of halogens is 2. The highest BCUT2D eigenvalue weighted by atomic mass is 35.5. The van der Waals surface area contributed by atoms with Gasteiger partial charge in [-0.1, -0.05) is 41.1 Å². The van der Waals surface area contributed by atoms with E-state index in [1.165, 1.54) is 11.3 Å². The molecule has 0 aliphatic carbocycles. The van der Waals surface area contributed by atoms with Crippen LogP contribution in [0.1, 0.15) is 18.9 Å². The van der Waals surface area contributed by atoms with Crippen LogP contribution in [0, 0.1) is 0 Å². The summed E-state index contributed by atoms with van der Waals surface area (Å²) >= 11 is 7.85. The van der Waals surface area contributed by atoms with Gasteiger partial charge in [0.25, 0.3) is 0 Å². The molecule has 0 bridgehead atoms. The molecule has 0 radical (unpaired) electrons. The minimum Gasteiger partial charge on any atom is -0.494 e. The number of morpholine rings is 1. The van der Waals surface area contributed by atoms with Crippen molar-refractivity contribution in [3.8, 4) is 5.75 Å². The Balaban J connectivity index is 0.00000306. The number of benzene rings is 2. The number of amides is 1. The Labute approximate surface area is 209 Å². The van der Waals surface area contributed by atoms with Crippen LogP contribution in [0.2, 0.25) is 5.02 Å². The predicted octanol–water partition coefficient (Wildman–Crippen LogP) is 5.07. The van der Waals surface area contributed by atoms with Crippen molar-refractivity contribution >= 4 is 56.6 Å². The minimum absolute atomic E-state index is 0. The summed E-state index contributed by atoms with van der Waals surface area (Å²) in [6, 6.07) is 13.5. The van der Waals surface area contributed by atoms with E-state index in [4.69, 9.17) is 26.1 Å². The number of hydrogen-bond donors (Lipinski definition) is 0. The van der Waals surface area contributed by atoms with Gasteiger partial charge in [0.2, 0.25) is 5.91 Å². The lowest BCUT2D eigenvalue weighted by Crippen LogP contribution is -2.39. The summed E-state index contributed by atoms with van der Waals surface area (Å²) in [5, 5.41) is 1.31. The number of fused-ring (bicyclic) bond motifs is 1. The van der Waals surface area contributed by atoms with Crippen LogP contribution in [0.15, 0.2) is 42.5 Å². The lowest BCUT2D eigenvalue weighted by molar-refractivity contribution is -0.118. The topological polar surface area (TPSA) is 54.9 Å². The second-order valence-corrected chi connectivity index (χ2v) is 9.11. The molecule has 0 N–H and O–H groups in total. The van der Waals surface area contributed by atoms with E-state index in [0.717, 1.165) is 60.8 Å². The molecule has 2 aromatic carbocycles. The molecule has 0 saturated carbocycles. The zero-order valence-corrected chi connectivity index (χ0v) is 21.1. The number of hydrogen-bond acceptors (Lipinski definition) is 6. The SMILES string of the molecule is CCOc1ccc(CC(=O)N(CCCN2CCOCC2)c2nc3c(Cl)cccc3s2)cc1.Cl. The van der Waals surface area contributed by atoms with Crippen molar-refractivity contribution < 1.29 is 14.3 Å². The summed E-state index contributed by atoms with van der Waals surface area (Å²) in [7, 11) is 0. The number of aromatic nitrogens is 1. The van der Waals surface area contributed by atoms with Crippen molar-refractivity contribution in [2.75, 3.05) is 50.9 Å². The highest BCUT2D eigenvalue weighted by Gasteiger charge is 2.21. The number of carbonyl (C=O) groups is 1. The van der Waals surface area contributed by atoms with Gasteiger partial charge < -0.3 is 9.47 Å². The Kier molecular flexibility index (Phi) is 9.77. The fourth-order valence-corrected chi connectivity index (χ4v) is 5.07. The van der Waals surface area contributed by atoms with Gasteiger partial charge in [-0.05, 0) is 43.2 Å². The van der Waals surface area contributed by atoms with Gasteiger partial charge in [0.15, 0.2) is 5.13 Å². The quantitative estimate of drug-likeness (QED) is 0.403. The maximum Gasteiger partial charge on any atom is 0.233 e. The van der Waals surface area contributed by atoms with E-state index in [1.54, 1.807) is 0 Å². The molecule has 1 aromatic heterocycles. The number of carbonyl (C=O) groups excluding carboxylic acids is 1. The number of nitrogens with zero attached hydrogens (tertiary/aromatic N) is 3. The van der Waals surface area contributed by atoms with Gasteiger partial charge in [0.1, 0.15) is 11.3 Å². The second kappa shape index (κ2) is 12.5. The molecule has 0 unspecified atom stereocenters. The summed E-state index contributed by atoms with van der Waals surface area (Å²) in [5.41, 5.74) is 1.71. The third-order valence-corrected chi connectivity index (χ3v) is 6.79. The molecule has 6 nitrogen and oxygen atoms in total. The van der Waals surface area contributed by atoms with E-state index in [9.17, 15) is 4.79 Å². The summed E-state index contributed by atoms with van der Waals surface area (Å²) < 4.78 is 11.9. The van der Waals surface area contributed by atoms with Crippen LogP contribution in [-0.2, 0) is 16.0 Å². The van der Waals surface area contributed by atoms with Crippen molar-refractivity contribution in [1.29, 1.82) is 0 Å². The predicted molar refractivity (Wildman–Crippen MR) is 137 cm³/mol. The first kappa shape index (κ1) is 25.7. The van der Waals surface area contributed by atoms with Crippen molar-refractivity contribution in [3.63, 3.8) is 0 Å². The van der Waals surface area contributed by atoms with E-state index in [2.05, 4.69) is 4.90 Å². The highest BCUT2D eigenvalue weighted by Crippen LogP contribution is 2.33. The molecule has 2 heterocycles. The zero-order chi connectivity index (χ0) is 22.3. The molecule has 1 saturated heterocycles. The molecule has 3 aromatic rings. The Hall–Kier alpha value is -1.90. The summed E-state index contributed by atoms with van der Waals surface area (Å²) in [6.45, 7) is 7.56. The molecule has 0 atom stereocenters. The van der Waals surface area contributed by atoms with E-state index in [1.807, 2.05) is 54.3 Å². The fraction of sp³-hybridized carbons (Fsp3) is 0.417. The van der Waals surface area contributed by atoms with Crippen LogP contribution in [-0.4, -0.2) is 61.8 Å². The smallest absolute Gasteiger partial charge is 0.233 e. The zero-order valence-electron chi connectivity index (χ0n) is 18.7. The molecule has 0 spiro atoms. The average Bonchev–Trinajstić information content (AvgIpc) is 3.24. The van der Waals surface area contributed by atoms with Crippen molar-refractivity contribution in [1.82, 2.24) is 9.88 Å². The van der Waals surface area contributed by atoms with E-state index in [-0.39, 0.29) is 18.3 Å². The largest absolute Gasteiger partial charge is 0.494 e. The van der Waals surface area contributed by atoms with Crippen LogP contribution in [0.4, 0.5) is 5.13 Å². The standard InChI is InChI=1S/C24H28ClN3O3S.ClH/c1-2-31-19-9-7-18(8-10-19)17-22(29)28(12-4-11-27-13-15-30-16-14-27)24-26-23-20(25)5-3-6-21(23)32-24;/h3,5-10H,2,4,11-17H2,1H3;1H. The molecule has 33 heavy (non-hydrogen) atoms. The lowest BCUT2D eigenvalue weighted by Gasteiger charge is -2.27. The van der Waals surface area contributed by atoms with Crippen molar-refractivity contribution in [3.05, 3.63) is 53.1 Å². The Morgan fingerprint density at radius 3 is 2.67 bits per heavy atom. The van der Waals surface area contributed by atoms with Crippen molar-refractivity contribution in [2.45, 2.75) is 19.8 Å². The van der Waals surface area contributed by atoms with Gasteiger partial charge in [-0.3, -0.25) is 14.6 Å². The lowest BCUT2D eigenvalue weighted by atomic mass is 10.1. The summed E-state index contributed by atoms with van der Waals surface area (Å²) in [5.74, 6) is 0.846. The van der Waals surface area contributed by atoms with Crippen LogP contribution in [0.5, 0.6) is 5.75 Å². The van der Waals surface area contributed by atoms with E-state index >= 15 is 0 Å². The van der Waals surface area contributed by atoms with Gasteiger partial charge in [-0.15, -0.1) is 12.4 Å². The van der Waals surface area contributed by atoms with Gasteiger partial charge in [0, 0.05) is 26.2 Å². The van der Waals surface area contributed by atoms with Crippen LogP contribution in [0.25, 0.3) is 10.2 Å². The fourth-order valence-electron chi connectivity index (χ4n) is 3.76. The molecule has 1 fully saturated rings. The monoisotopic (exact) mass is 509 g/mol. The Bertz CT molecular complexity index is 1040. The number of ether oxygens (including phenoxy) is 2. The first-order valence-corrected chi connectivity index (χ1v) is 12.2. The molecular formula is C24H29Cl2N3O3S. The first-order valence-electron chi connectivity index (χ1n) is 11.0. The van der Waals surface area contributed by atoms with Crippen LogP contribution < -0.4 is 9.64 Å². The number of rotatable bonds is 9. The van der Waals surface area contributed by atoms with E-state index in [0.29, 0.717) is 29.7 Å². The first-order chi connectivity index (χ1) is 15.6. The Morgan fingerprint density at radius 1 is 1.21 bits per heavy atom. The van der Waals surface area contributed by atoms with Crippen molar-refractivity contribution in [2.24, 2.45) is 0 Å². The maximum atomic E-state index is 13.4. The van der Waals surface area contributed by atoms with Crippen LogP contribution in [0.3, 0.4) is 0 Å². The molecular weight excluding hydrogens is 481 g/mol. The molecule has 9 heteroatoms. The number of para-hydroxylation sites is 1. The summed E-state index contributed by atoms with van der Waals surface area (Å²) in [4.78, 5) is 22.3. The van der Waals surface area contributed by atoms with Gasteiger partial charge in [-0.25, -0.2) is 4.98 Å². The summed E-state index contributed by atoms with van der Waals surface area (Å²) in [6.07, 6.45) is 1.19. The Morgan fingerprint density at radius 2 is 1.97 bits per heavy atom. The molecule has 1 aliphatic rings. The van der Waals surface area contributed by atoms with E-state index < -0.39 is 0 Å². The second-order valence-electron chi connectivity index (χ2n) is 7.69. The van der Waals surface area contributed by atoms with Gasteiger partial charge in [0.05, 0.1) is 36.0 Å². The number of anilines is 1. The molecule has 1 aliphatic heterocycles. The third-order valence-electron chi connectivity index (χ3n) is 5.44. The molecule has 4 rings (SSSR count). The van der Waals surface area contributed by atoms with Gasteiger partial charge in [-0.2, -0.15) is 0 Å².